The molecule has 0 radical (unpaired) electrons. The molecule has 3 aromatic rings. The van der Waals surface area contributed by atoms with Gasteiger partial charge in [-0.2, -0.15) is 9.61 Å². The van der Waals surface area contributed by atoms with Gasteiger partial charge in [0.25, 0.3) is 5.56 Å². The van der Waals surface area contributed by atoms with Crippen molar-refractivity contribution in [2.45, 2.75) is 52.7 Å². The van der Waals surface area contributed by atoms with E-state index in [4.69, 9.17) is 9.47 Å². The van der Waals surface area contributed by atoms with Gasteiger partial charge in [0.1, 0.15) is 28.6 Å². The number of fused-ring (bicyclic) bond motifs is 1. The number of alkyl carbamates (subject to hydrolysis) is 1. The first-order valence-corrected chi connectivity index (χ1v) is 14.9. The summed E-state index contributed by atoms with van der Waals surface area (Å²) in [6.45, 7) is 12.3. The van der Waals surface area contributed by atoms with Crippen LogP contribution in [-0.2, 0) is 14.3 Å². The molecule has 15 heteroatoms. The lowest BCUT2D eigenvalue weighted by molar-refractivity contribution is -0.115. The van der Waals surface area contributed by atoms with Crippen LogP contribution in [0.3, 0.4) is 0 Å². The number of amides is 3. The van der Waals surface area contributed by atoms with Crippen molar-refractivity contribution in [3.8, 4) is 10.6 Å². The van der Waals surface area contributed by atoms with Crippen LogP contribution >= 0.6 is 27.3 Å². The van der Waals surface area contributed by atoms with E-state index in [0.717, 1.165) is 0 Å². The van der Waals surface area contributed by atoms with Gasteiger partial charge >= 0.3 is 12.2 Å². The Hall–Kier alpha value is -3.72. The molecule has 3 amide bonds. The third-order valence-corrected chi connectivity index (χ3v) is 7.12. The van der Waals surface area contributed by atoms with Gasteiger partial charge < -0.3 is 29.9 Å². The summed E-state index contributed by atoms with van der Waals surface area (Å²) in [4.78, 5) is 58.3. The molecule has 226 valence electrons. The van der Waals surface area contributed by atoms with Crippen LogP contribution in [0.5, 0.6) is 0 Å². The maximum atomic E-state index is 13.0. The van der Waals surface area contributed by atoms with Crippen LogP contribution in [-0.4, -0.2) is 81.5 Å². The smallest absolute Gasteiger partial charge is 0.410 e. The van der Waals surface area contributed by atoms with Crippen LogP contribution < -0.4 is 21.1 Å². The zero-order valence-electron chi connectivity index (χ0n) is 24.3. The number of rotatable bonds is 5. The van der Waals surface area contributed by atoms with Crippen molar-refractivity contribution < 1.29 is 23.9 Å². The zero-order chi connectivity index (χ0) is 30.8. The predicted molar refractivity (Wildman–Crippen MR) is 163 cm³/mol. The Balaban J connectivity index is 1.46. The molecule has 1 aromatic carbocycles. The molecule has 0 bridgehead atoms. The average Bonchev–Trinajstić information content (AvgIpc) is 3.30. The number of carbonyl (C=O) groups excluding carboxylic acids is 3. The first-order valence-electron chi connectivity index (χ1n) is 13.3. The van der Waals surface area contributed by atoms with Gasteiger partial charge in [0.15, 0.2) is 0 Å². The number of ether oxygens (including phenoxy) is 2. The lowest BCUT2D eigenvalue weighted by Crippen LogP contribution is -2.50. The average molecular weight is 665 g/mol. The van der Waals surface area contributed by atoms with Crippen LogP contribution in [0.15, 0.2) is 33.5 Å². The summed E-state index contributed by atoms with van der Waals surface area (Å²) in [5, 5.41) is 10.1. The van der Waals surface area contributed by atoms with E-state index in [-0.39, 0.29) is 18.2 Å². The minimum absolute atomic E-state index is 0.272. The van der Waals surface area contributed by atoms with Gasteiger partial charge in [-0.15, -0.1) is 0 Å². The van der Waals surface area contributed by atoms with Crippen LogP contribution in [0.2, 0.25) is 0 Å². The third-order valence-electron chi connectivity index (χ3n) is 5.71. The SMILES string of the molecule is CC(C)(C)OC(=O)NCC(=O)Nc1cc(Br)cc(-c2nn3c(=O)cc(N4CCN(C(=O)OC(C)(C)C)CC4)nc3s2)c1. The normalized spacial score (nSPS) is 14.1. The first-order chi connectivity index (χ1) is 19.6. The Morgan fingerprint density at radius 1 is 0.976 bits per heavy atom. The molecule has 2 N–H and O–H groups in total. The molecule has 4 rings (SSSR count). The highest BCUT2D eigenvalue weighted by Gasteiger charge is 2.27. The molecule has 0 spiro atoms. The van der Waals surface area contributed by atoms with Gasteiger partial charge in [-0.1, -0.05) is 27.3 Å². The molecule has 42 heavy (non-hydrogen) atoms. The van der Waals surface area contributed by atoms with E-state index in [1.54, 1.807) is 37.8 Å². The van der Waals surface area contributed by atoms with Gasteiger partial charge in [-0.3, -0.25) is 9.59 Å². The lowest BCUT2D eigenvalue weighted by atomic mass is 10.2. The Morgan fingerprint density at radius 3 is 2.29 bits per heavy atom. The number of halogens is 1. The largest absolute Gasteiger partial charge is 0.444 e. The summed E-state index contributed by atoms with van der Waals surface area (Å²) in [5.41, 5.74) is -0.450. The minimum Gasteiger partial charge on any atom is -0.444 e. The summed E-state index contributed by atoms with van der Waals surface area (Å²) in [5.74, 6) is 0.0715. The first kappa shape index (κ1) is 31.2. The van der Waals surface area contributed by atoms with E-state index in [2.05, 4.69) is 36.6 Å². The predicted octanol–water partition coefficient (Wildman–Crippen LogP) is 4.10. The van der Waals surface area contributed by atoms with Crippen molar-refractivity contribution in [2.24, 2.45) is 0 Å². The highest BCUT2D eigenvalue weighted by Crippen LogP contribution is 2.30. The molecule has 0 saturated carbocycles. The molecule has 1 fully saturated rings. The maximum Gasteiger partial charge on any atom is 0.410 e. The van der Waals surface area contributed by atoms with Gasteiger partial charge in [0, 0.05) is 48.0 Å². The zero-order valence-corrected chi connectivity index (χ0v) is 26.7. The second-order valence-corrected chi connectivity index (χ2v) is 13.5. The number of aromatic nitrogens is 3. The Kier molecular flexibility index (Phi) is 9.11. The number of hydrogen-bond acceptors (Lipinski definition) is 10. The van der Waals surface area contributed by atoms with E-state index in [0.29, 0.717) is 57.7 Å². The monoisotopic (exact) mass is 663 g/mol. The van der Waals surface area contributed by atoms with Crippen LogP contribution in [0.1, 0.15) is 41.5 Å². The van der Waals surface area contributed by atoms with Crippen LogP contribution in [0.4, 0.5) is 21.1 Å². The molecule has 1 saturated heterocycles. The molecule has 1 aliphatic rings. The standard InChI is InChI=1S/C27H34BrN7O6S/c1-26(2,3)40-24(38)29-15-20(36)30-18-12-16(11-17(28)13-18)22-32-35-21(37)14-19(31-23(35)42-22)33-7-9-34(10-8-33)25(39)41-27(4,5)6/h11-14H,7-10,15H2,1-6H3,(H,29,38)(H,30,36). The Morgan fingerprint density at radius 2 is 1.64 bits per heavy atom. The van der Waals surface area contributed by atoms with Crippen LogP contribution in [0, 0.1) is 0 Å². The van der Waals surface area contributed by atoms with E-state index >= 15 is 0 Å². The summed E-state index contributed by atoms with van der Waals surface area (Å²) in [6, 6.07) is 6.68. The highest BCUT2D eigenvalue weighted by atomic mass is 79.9. The Bertz CT molecular complexity index is 1550. The van der Waals surface area contributed by atoms with E-state index < -0.39 is 23.2 Å². The number of anilines is 2. The van der Waals surface area contributed by atoms with Crippen molar-refractivity contribution >= 4 is 61.8 Å². The van der Waals surface area contributed by atoms with Crippen molar-refractivity contribution in [3.05, 3.63) is 39.1 Å². The van der Waals surface area contributed by atoms with Crippen LogP contribution in [0.25, 0.3) is 15.5 Å². The van der Waals surface area contributed by atoms with Crippen molar-refractivity contribution in [3.63, 3.8) is 0 Å². The molecule has 1 aliphatic heterocycles. The fourth-order valence-corrected chi connectivity index (χ4v) is 5.36. The van der Waals surface area contributed by atoms with Crippen molar-refractivity contribution in [2.75, 3.05) is 42.9 Å². The van der Waals surface area contributed by atoms with E-state index in [9.17, 15) is 19.2 Å². The van der Waals surface area contributed by atoms with Gasteiger partial charge in [-0.05, 0) is 59.7 Å². The van der Waals surface area contributed by atoms with Crippen molar-refractivity contribution in [1.29, 1.82) is 0 Å². The summed E-state index contributed by atoms with van der Waals surface area (Å²) < 4.78 is 12.5. The second-order valence-electron chi connectivity index (χ2n) is 11.6. The number of nitrogens with zero attached hydrogens (tertiary/aromatic N) is 5. The van der Waals surface area contributed by atoms with Gasteiger partial charge in [-0.25, -0.2) is 14.6 Å². The third kappa shape index (κ3) is 8.41. The van der Waals surface area contributed by atoms with Gasteiger partial charge in [0.05, 0.1) is 0 Å². The lowest BCUT2D eigenvalue weighted by Gasteiger charge is -2.36. The fraction of sp³-hybridized carbons (Fsp3) is 0.481. The Labute approximate surface area is 255 Å². The van der Waals surface area contributed by atoms with E-state index in [1.165, 1.54) is 21.9 Å². The number of hydrogen-bond donors (Lipinski definition) is 2. The fourth-order valence-electron chi connectivity index (χ4n) is 3.98. The number of carbonyl (C=O) groups is 3. The topological polar surface area (TPSA) is 147 Å². The summed E-state index contributed by atoms with van der Waals surface area (Å²) in [7, 11) is 0. The second kappa shape index (κ2) is 12.3. The van der Waals surface area contributed by atoms with E-state index in [1.807, 2.05) is 31.7 Å². The molecule has 0 unspecified atom stereocenters. The molecule has 0 atom stereocenters. The van der Waals surface area contributed by atoms with Gasteiger partial charge in [0.2, 0.25) is 10.9 Å². The summed E-state index contributed by atoms with van der Waals surface area (Å²) in [6.07, 6.45) is -1.05. The number of piperazine rings is 1. The minimum atomic E-state index is -0.690. The molecule has 2 aromatic heterocycles. The highest BCUT2D eigenvalue weighted by molar-refractivity contribution is 9.10. The number of nitrogens with one attached hydrogen (secondary N) is 2. The quantitative estimate of drug-likeness (QED) is 0.412. The molecular formula is C27H34BrN7O6S. The number of benzene rings is 1. The summed E-state index contributed by atoms with van der Waals surface area (Å²) >= 11 is 4.69. The molecular weight excluding hydrogens is 630 g/mol. The molecule has 13 nitrogen and oxygen atoms in total. The molecule has 0 aliphatic carbocycles. The maximum absolute atomic E-state index is 13.0. The van der Waals surface area contributed by atoms with Crippen molar-refractivity contribution in [1.82, 2.24) is 24.8 Å². The molecule has 3 heterocycles.